The molecule has 3 rings (SSSR count). The van der Waals surface area contributed by atoms with Crippen LogP contribution >= 0.6 is 0 Å². The lowest BCUT2D eigenvalue weighted by molar-refractivity contribution is -0.112. The van der Waals surface area contributed by atoms with Gasteiger partial charge in [0.2, 0.25) is 0 Å². The van der Waals surface area contributed by atoms with E-state index >= 15 is 0 Å². The second-order valence-electron chi connectivity index (χ2n) is 7.11. The second kappa shape index (κ2) is 8.78. The molecule has 2 N–H and O–H groups in total. The largest absolute Gasteiger partial charge is 0.462 e. The smallest absolute Gasteiger partial charge is 0.340 e. The maximum Gasteiger partial charge on any atom is 0.340 e. The molecule has 2 aromatic carbocycles. The number of hydrogen-bond donors (Lipinski definition) is 2. The number of aryl methyl sites for hydroxylation is 3. The van der Waals surface area contributed by atoms with E-state index in [9.17, 15) is 14.4 Å². The van der Waals surface area contributed by atoms with E-state index in [-0.39, 0.29) is 17.9 Å². The molecular formula is C24H24N2O4. The topological polar surface area (TPSA) is 88.3 Å². The fraction of sp³-hybridized carbons (Fsp3) is 0.208. The zero-order valence-electron chi connectivity index (χ0n) is 17.5. The third-order valence-electron chi connectivity index (χ3n) is 4.75. The summed E-state index contributed by atoms with van der Waals surface area (Å²) in [6.45, 7) is 7.47. The van der Waals surface area contributed by atoms with Gasteiger partial charge in [0, 0.05) is 16.9 Å². The Labute approximate surface area is 175 Å². The van der Waals surface area contributed by atoms with Gasteiger partial charge in [0.05, 0.1) is 12.2 Å². The molecule has 0 aliphatic heterocycles. The molecule has 0 saturated carbocycles. The Morgan fingerprint density at radius 1 is 0.900 bits per heavy atom. The van der Waals surface area contributed by atoms with Crippen molar-refractivity contribution in [3.8, 4) is 11.1 Å². The minimum atomic E-state index is -0.788. The number of H-pyrrole nitrogens is 1. The molecule has 0 bridgehead atoms. The average molecular weight is 404 g/mol. The van der Waals surface area contributed by atoms with Gasteiger partial charge in [-0.05, 0) is 45.4 Å². The molecule has 30 heavy (non-hydrogen) atoms. The number of aromatic amines is 1. The van der Waals surface area contributed by atoms with Crippen LogP contribution in [-0.4, -0.2) is 29.3 Å². The van der Waals surface area contributed by atoms with Crippen LogP contribution in [0.4, 0.5) is 5.69 Å². The van der Waals surface area contributed by atoms with Crippen LogP contribution in [0.25, 0.3) is 11.1 Å². The molecular weight excluding hydrogens is 380 g/mol. The third kappa shape index (κ3) is 4.33. The van der Waals surface area contributed by atoms with E-state index in [1.165, 1.54) is 0 Å². The van der Waals surface area contributed by atoms with E-state index in [2.05, 4.69) is 10.3 Å². The standard InChI is InChI=1S/C24H24N2O4/c1-5-30-24(29)19-16(4)25-21(20(19)17-10-6-14(2)7-11-17)22(27)23(28)26-18-12-8-15(3)9-13-18/h6-13,25H,5H2,1-4H3,(H,26,28). The fourth-order valence-electron chi connectivity index (χ4n) is 3.20. The first-order valence-electron chi connectivity index (χ1n) is 9.71. The van der Waals surface area contributed by atoms with Crippen LogP contribution in [0, 0.1) is 20.8 Å². The van der Waals surface area contributed by atoms with Crippen molar-refractivity contribution in [2.75, 3.05) is 11.9 Å². The van der Waals surface area contributed by atoms with E-state index in [0.29, 0.717) is 22.5 Å². The Balaban J connectivity index is 2.04. The first-order chi connectivity index (χ1) is 14.3. The monoisotopic (exact) mass is 404 g/mol. The van der Waals surface area contributed by atoms with Crippen molar-refractivity contribution in [2.45, 2.75) is 27.7 Å². The minimum absolute atomic E-state index is 0.0593. The number of ketones is 1. The van der Waals surface area contributed by atoms with Gasteiger partial charge in [-0.1, -0.05) is 47.5 Å². The first-order valence-corrected chi connectivity index (χ1v) is 9.71. The number of carbonyl (C=O) groups excluding carboxylic acids is 3. The average Bonchev–Trinajstić information content (AvgIpc) is 3.07. The van der Waals surface area contributed by atoms with Crippen LogP contribution in [0.15, 0.2) is 48.5 Å². The van der Waals surface area contributed by atoms with E-state index in [4.69, 9.17) is 4.74 Å². The summed E-state index contributed by atoms with van der Waals surface area (Å²) in [5.74, 6) is -2.09. The van der Waals surface area contributed by atoms with Crippen molar-refractivity contribution in [1.82, 2.24) is 4.98 Å². The van der Waals surface area contributed by atoms with Crippen LogP contribution in [0.5, 0.6) is 0 Å². The van der Waals surface area contributed by atoms with Gasteiger partial charge >= 0.3 is 5.97 Å². The number of anilines is 1. The van der Waals surface area contributed by atoms with Crippen molar-refractivity contribution in [3.63, 3.8) is 0 Å². The summed E-state index contributed by atoms with van der Waals surface area (Å²) in [5.41, 5.74) is 4.40. The van der Waals surface area contributed by atoms with Crippen molar-refractivity contribution in [1.29, 1.82) is 0 Å². The van der Waals surface area contributed by atoms with E-state index in [1.54, 1.807) is 26.0 Å². The van der Waals surface area contributed by atoms with Gasteiger partial charge in [-0.25, -0.2) is 4.79 Å². The summed E-state index contributed by atoms with van der Waals surface area (Å²) in [6, 6.07) is 14.5. The molecule has 1 amide bonds. The van der Waals surface area contributed by atoms with Crippen LogP contribution < -0.4 is 5.32 Å². The van der Waals surface area contributed by atoms with Crippen molar-refractivity contribution < 1.29 is 19.1 Å². The maximum atomic E-state index is 13.0. The maximum absolute atomic E-state index is 13.0. The zero-order chi connectivity index (χ0) is 21.8. The van der Waals surface area contributed by atoms with E-state index < -0.39 is 17.7 Å². The summed E-state index contributed by atoms with van der Waals surface area (Å²) < 4.78 is 5.18. The van der Waals surface area contributed by atoms with Crippen LogP contribution in [-0.2, 0) is 9.53 Å². The third-order valence-corrected chi connectivity index (χ3v) is 4.75. The van der Waals surface area contributed by atoms with Crippen molar-refractivity contribution in [3.05, 3.63) is 76.6 Å². The highest BCUT2D eigenvalue weighted by Crippen LogP contribution is 2.32. The Morgan fingerprint density at radius 2 is 1.47 bits per heavy atom. The molecule has 6 nitrogen and oxygen atoms in total. The van der Waals surface area contributed by atoms with Gasteiger partial charge in [0.1, 0.15) is 5.69 Å². The SMILES string of the molecule is CCOC(=O)c1c(C)[nH]c(C(=O)C(=O)Nc2ccc(C)cc2)c1-c1ccc(C)cc1. The number of carbonyl (C=O) groups is 3. The fourth-order valence-corrected chi connectivity index (χ4v) is 3.20. The Bertz CT molecular complexity index is 1090. The predicted molar refractivity (Wildman–Crippen MR) is 116 cm³/mol. The molecule has 1 aromatic heterocycles. The number of aromatic nitrogens is 1. The Kier molecular flexibility index (Phi) is 6.16. The first kappa shape index (κ1) is 21.0. The highest BCUT2D eigenvalue weighted by Gasteiger charge is 2.29. The van der Waals surface area contributed by atoms with Crippen LogP contribution in [0.1, 0.15) is 44.6 Å². The molecule has 0 unspecified atom stereocenters. The van der Waals surface area contributed by atoms with E-state index in [0.717, 1.165) is 11.1 Å². The molecule has 6 heteroatoms. The minimum Gasteiger partial charge on any atom is -0.462 e. The normalized spacial score (nSPS) is 10.5. The number of esters is 1. The summed E-state index contributed by atoms with van der Waals surface area (Å²) in [4.78, 5) is 41.2. The summed E-state index contributed by atoms with van der Waals surface area (Å²) in [7, 11) is 0. The van der Waals surface area contributed by atoms with Gasteiger partial charge in [-0.3, -0.25) is 9.59 Å². The van der Waals surface area contributed by atoms with Gasteiger partial charge in [-0.15, -0.1) is 0 Å². The molecule has 0 fully saturated rings. The number of hydrogen-bond acceptors (Lipinski definition) is 4. The molecule has 0 atom stereocenters. The quantitative estimate of drug-likeness (QED) is 0.357. The lowest BCUT2D eigenvalue weighted by Crippen LogP contribution is -2.24. The van der Waals surface area contributed by atoms with E-state index in [1.807, 2.05) is 50.2 Å². The summed E-state index contributed by atoms with van der Waals surface area (Å²) in [6.07, 6.45) is 0. The number of nitrogens with one attached hydrogen (secondary N) is 2. The van der Waals surface area contributed by atoms with Gasteiger partial charge in [0.25, 0.3) is 11.7 Å². The van der Waals surface area contributed by atoms with Gasteiger partial charge in [-0.2, -0.15) is 0 Å². The zero-order valence-corrected chi connectivity index (χ0v) is 17.5. The molecule has 154 valence electrons. The Morgan fingerprint density at radius 3 is 2.03 bits per heavy atom. The van der Waals surface area contributed by atoms with Crippen LogP contribution in [0.2, 0.25) is 0 Å². The van der Waals surface area contributed by atoms with Crippen LogP contribution in [0.3, 0.4) is 0 Å². The molecule has 1 heterocycles. The molecule has 0 radical (unpaired) electrons. The predicted octanol–water partition coefficient (Wildman–Crippen LogP) is 4.61. The van der Waals surface area contributed by atoms with Crippen molar-refractivity contribution >= 4 is 23.3 Å². The number of ether oxygens (including phenoxy) is 1. The molecule has 0 aliphatic rings. The van der Waals surface area contributed by atoms with Gasteiger partial charge in [0.15, 0.2) is 0 Å². The highest BCUT2D eigenvalue weighted by molar-refractivity contribution is 6.47. The molecule has 0 aliphatic carbocycles. The lowest BCUT2D eigenvalue weighted by Gasteiger charge is -2.09. The number of rotatable bonds is 6. The molecule has 0 saturated heterocycles. The van der Waals surface area contributed by atoms with Crippen molar-refractivity contribution in [2.24, 2.45) is 0 Å². The van der Waals surface area contributed by atoms with Gasteiger partial charge < -0.3 is 15.0 Å². The summed E-state index contributed by atoms with van der Waals surface area (Å²) in [5, 5.41) is 2.61. The number of Topliss-reactive ketones (excluding diaryl/α,β-unsaturated/α-hetero) is 1. The molecule has 0 spiro atoms. The number of benzene rings is 2. The lowest BCUT2D eigenvalue weighted by atomic mass is 9.97. The highest BCUT2D eigenvalue weighted by atomic mass is 16.5. The second-order valence-corrected chi connectivity index (χ2v) is 7.11. The molecule has 3 aromatic rings. The summed E-state index contributed by atoms with van der Waals surface area (Å²) >= 11 is 0. The Hall–Kier alpha value is -3.67. The number of amides is 1.